The van der Waals surface area contributed by atoms with Crippen LogP contribution in [0.5, 0.6) is 11.5 Å². The minimum absolute atomic E-state index is 0.163. The van der Waals surface area contributed by atoms with Gasteiger partial charge in [0.05, 0.1) is 28.6 Å². The lowest BCUT2D eigenvalue weighted by Gasteiger charge is -2.27. The topological polar surface area (TPSA) is 70.4 Å². The van der Waals surface area contributed by atoms with Crippen molar-refractivity contribution < 1.29 is 17.9 Å². The summed E-state index contributed by atoms with van der Waals surface area (Å²) in [5.74, 6) is 1.17. The third kappa shape index (κ3) is 6.22. The summed E-state index contributed by atoms with van der Waals surface area (Å²) in [6.07, 6.45) is 5.79. The molecule has 0 atom stereocenters. The van der Waals surface area contributed by atoms with Crippen LogP contribution >= 0.6 is 23.2 Å². The van der Waals surface area contributed by atoms with Gasteiger partial charge in [-0.15, -0.1) is 0 Å². The highest BCUT2D eigenvalue weighted by Crippen LogP contribution is 2.40. The maximum atomic E-state index is 11.5. The monoisotopic (exact) mass is 510 g/mol. The molecule has 1 heterocycles. The lowest BCUT2D eigenvalue weighted by molar-refractivity contribution is 0.301. The summed E-state index contributed by atoms with van der Waals surface area (Å²) >= 11 is 13.0. The maximum Gasteiger partial charge on any atom is 0.236 e. The fraction of sp³-hybridized carbons (Fsp3) is 0.375. The molecule has 0 amide bonds. The van der Waals surface area contributed by atoms with E-state index >= 15 is 0 Å². The van der Waals surface area contributed by atoms with Gasteiger partial charge < -0.3 is 9.47 Å². The third-order valence-corrected chi connectivity index (χ3v) is 6.95. The lowest BCUT2D eigenvalue weighted by atomic mass is 9.78. The molecule has 0 saturated heterocycles. The van der Waals surface area contributed by atoms with Crippen LogP contribution in [-0.4, -0.2) is 30.2 Å². The van der Waals surface area contributed by atoms with E-state index in [0.29, 0.717) is 33.8 Å². The first kappa shape index (κ1) is 25.4. The highest BCUT2D eigenvalue weighted by atomic mass is 35.5. The van der Waals surface area contributed by atoms with Gasteiger partial charge in [0.25, 0.3) is 0 Å². The van der Waals surface area contributed by atoms with E-state index in [0.717, 1.165) is 34.2 Å². The van der Waals surface area contributed by atoms with Crippen molar-refractivity contribution in [2.45, 2.75) is 45.6 Å². The summed E-state index contributed by atoms with van der Waals surface area (Å²) < 4.78 is 35.7. The zero-order valence-electron chi connectivity index (χ0n) is 19.1. The van der Waals surface area contributed by atoms with Gasteiger partial charge in [0.1, 0.15) is 18.7 Å². The molecule has 0 spiro atoms. The number of unbranched alkanes of at least 4 members (excludes halogenated alkanes) is 1. The van der Waals surface area contributed by atoms with Crippen molar-refractivity contribution in [2.75, 3.05) is 12.9 Å². The molecule has 0 aliphatic heterocycles. The van der Waals surface area contributed by atoms with Crippen molar-refractivity contribution in [3.05, 3.63) is 75.8 Å². The third-order valence-electron chi connectivity index (χ3n) is 5.42. The predicted octanol–water partition coefficient (Wildman–Crippen LogP) is 6.08. The summed E-state index contributed by atoms with van der Waals surface area (Å²) in [5, 5.41) is 0.991. The molecule has 2 aromatic carbocycles. The number of hydrogen-bond donors (Lipinski definition) is 0. The van der Waals surface area contributed by atoms with Crippen molar-refractivity contribution in [1.82, 2.24) is 8.96 Å². The highest BCUT2D eigenvalue weighted by Gasteiger charge is 2.25. The first-order valence-corrected chi connectivity index (χ1v) is 13.2. The van der Waals surface area contributed by atoms with Gasteiger partial charge in [-0.2, -0.15) is 0 Å². The van der Waals surface area contributed by atoms with E-state index in [-0.39, 0.29) is 12.0 Å². The van der Waals surface area contributed by atoms with Crippen molar-refractivity contribution in [3.8, 4) is 11.5 Å². The zero-order chi connectivity index (χ0) is 24.2. The summed E-state index contributed by atoms with van der Waals surface area (Å²) in [5.41, 5.74) is 2.20. The Hall–Kier alpha value is -2.22. The molecule has 0 fully saturated rings. The minimum atomic E-state index is -3.36. The molecule has 0 unspecified atom stereocenters. The van der Waals surface area contributed by atoms with Gasteiger partial charge in [0.15, 0.2) is 5.75 Å². The average Bonchev–Trinajstić information content (AvgIpc) is 3.24. The SMILES string of the molecule is CCCCOc1c(Cl)cc(C(C)(C)c2ccc(OCc3cn(S(C)(=O)=O)cn3)cc2)cc1Cl. The molecule has 0 aliphatic carbocycles. The molecule has 3 aromatic rings. The second kappa shape index (κ2) is 10.4. The molecule has 0 aliphatic rings. The lowest BCUT2D eigenvalue weighted by Crippen LogP contribution is -2.19. The summed E-state index contributed by atoms with van der Waals surface area (Å²) in [6.45, 7) is 7.03. The average molecular weight is 511 g/mol. The van der Waals surface area contributed by atoms with Crippen molar-refractivity contribution >= 4 is 33.2 Å². The van der Waals surface area contributed by atoms with Crippen LogP contribution in [-0.2, 0) is 22.0 Å². The minimum Gasteiger partial charge on any atom is -0.490 e. The van der Waals surface area contributed by atoms with Crippen molar-refractivity contribution in [3.63, 3.8) is 0 Å². The molecule has 0 bridgehead atoms. The molecule has 1 aromatic heterocycles. The van der Waals surface area contributed by atoms with E-state index in [1.165, 1.54) is 12.5 Å². The van der Waals surface area contributed by atoms with Gasteiger partial charge in [-0.25, -0.2) is 17.4 Å². The fourth-order valence-electron chi connectivity index (χ4n) is 3.27. The van der Waals surface area contributed by atoms with Crippen molar-refractivity contribution in [1.29, 1.82) is 0 Å². The number of imidazole rings is 1. The standard InChI is InChI=1S/C24H28Cl2N2O4S/c1-5-6-11-31-23-21(25)12-18(13-22(23)26)24(2,3)17-7-9-20(10-8-17)32-15-19-14-28(16-27-19)33(4,29)30/h7-10,12-14,16H,5-6,11,15H2,1-4H3. The van der Waals surface area contributed by atoms with E-state index < -0.39 is 10.0 Å². The number of rotatable bonds is 10. The Balaban J connectivity index is 1.72. The second-order valence-corrected chi connectivity index (χ2v) is 11.1. The zero-order valence-corrected chi connectivity index (χ0v) is 21.5. The van der Waals surface area contributed by atoms with Gasteiger partial charge in [-0.1, -0.05) is 62.5 Å². The van der Waals surface area contributed by atoms with E-state index in [4.69, 9.17) is 32.7 Å². The first-order valence-electron chi connectivity index (χ1n) is 10.6. The summed E-state index contributed by atoms with van der Waals surface area (Å²) in [4.78, 5) is 4.06. The van der Waals surface area contributed by atoms with Crippen LogP contribution in [0.2, 0.25) is 10.0 Å². The van der Waals surface area contributed by atoms with Crippen LogP contribution < -0.4 is 9.47 Å². The normalized spacial score (nSPS) is 12.1. The van der Waals surface area contributed by atoms with Crippen LogP contribution in [0.4, 0.5) is 0 Å². The quantitative estimate of drug-likeness (QED) is 0.309. The van der Waals surface area contributed by atoms with E-state index in [1.807, 2.05) is 36.4 Å². The molecular weight excluding hydrogens is 483 g/mol. The van der Waals surface area contributed by atoms with Crippen LogP contribution in [0.3, 0.4) is 0 Å². The molecular formula is C24H28Cl2N2O4S. The van der Waals surface area contributed by atoms with Gasteiger partial charge in [0.2, 0.25) is 10.0 Å². The van der Waals surface area contributed by atoms with E-state index in [9.17, 15) is 8.42 Å². The number of aromatic nitrogens is 2. The summed E-state index contributed by atoms with van der Waals surface area (Å²) in [6, 6.07) is 11.5. The molecule has 6 nitrogen and oxygen atoms in total. The number of benzene rings is 2. The largest absolute Gasteiger partial charge is 0.490 e. The Kier molecular flexibility index (Phi) is 7.98. The molecule has 0 saturated carbocycles. The highest BCUT2D eigenvalue weighted by molar-refractivity contribution is 7.89. The molecule has 33 heavy (non-hydrogen) atoms. The Morgan fingerprint density at radius 3 is 2.21 bits per heavy atom. The van der Waals surface area contributed by atoms with Gasteiger partial charge in [-0.3, -0.25) is 0 Å². The van der Waals surface area contributed by atoms with Gasteiger partial charge in [0, 0.05) is 11.6 Å². The van der Waals surface area contributed by atoms with Gasteiger partial charge >= 0.3 is 0 Å². The summed E-state index contributed by atoms with van der Waals surface area (Å²) in [7, 11) is -3.36. The number of ether oxygens (including phenoxy) is 2. The number of nitrogens with zero attached hydrogens (tertiary/aromatic N) is 2. The van der Waals surface area contributed by atoms with E-state index in [1.54, 1.807) is 0 Å². The Bertz CT molecular complexity index is 1180. The molecule has 0 radical (unpaired) electrons. The second-order valence-electron chi connectivity index (χ2n) is 8.37. The van der Waals surface area contributed by atoms with Crippen LogP contribution in [0.15, 0.2) is 48.9 Å². The maximum absolute atomic E-state index is 11.5. The van der Waals surface area contributed by atoms with Crippen LogP contribution in [0.1, 0.15) is 50.4 Å². The smallest absolute Gasteiger partial charge is 0.236 e. The molecule has 178 valence electrons. The number of hydrogen-bond acceptors (Lipinski definition) is 5. The molecule has 3 rings (SSSR count). The van der Waals surface area contributed by atoms with Crippen LogP contribution in [0.25, 0.3) is 0 Å². The fourth-order valence-corrected chi connectivity index (χ4v) is 4.40. The first-order chi connectivity index (χ1) is 15.5. The van der Waals surface area contributed by atoms with Crippen molar-refractivity contribution in [2.24, 2.45) is 0 Å². The molecule has 0 N–H and O–H groups in total. The number of halogens is 2. The molecule has 9 heteroatoms. The Labute approximate surface area is 205 Å². The van der Waals surface area contributed by atoms with E-state index in [2.05, 4.69) is 25.8 Å². The Morgan fingerprint density at radius 2 is 1.67 bits per heavy atom. The van der Waals surface area contributed by atoms with Gasteiger partial charge in [-0.05, 0) is 41.8 Å². The predicted molar refractivity (Wildman–Crippen MR) is 132 cm³/mol. The van der Waals surface area contributed by atoms with Crippen LogP contribution in [0, 0.1) is 0 Å². The Morgan fingerprint density at radius 1 is 1.03 bits per heavy atom.